The zero-order valence-electron chi connectivity index (χ0n) is 9.49. The van der Waals surface area contributed by atoms with E-state index in [0.29, 0.717) is 12.1 Å². The van der Waals surface area contributed by atoms with Gasteiger partial charge in [0.15, 0.2) is 34.9 Å². The van der Waals surface area contributed by atoms with Crippen LogP contribution in [0.1, 0.15) is 15.9 Å². The molecule has 2 rings (SSSR count). The maximum atomic E-state index is 13.5. The van der Waals surface area contributed by atoms with E-state index in [1.54, 1.807) is 0 Å². The molecule has 20 heavy (non-hydrogen) atoms. The number of halogens is 6. The number of hydrogen-bond acceptors (Lipinski definition) is 1. The second-order valence-electron chi connectivity index (χ2n) is 3.77. The molecule has 104 valence electrons. The summed E-state index contributed by atoms with van der Waals surface area (Å²) in [4.78, 5) is 12.0. The molecule has 0 fully saturated rings. The van der Waals surface area contributed by atoms with Crippen LogP contribution in [-0.4, -0.2) is 5.78 Å². The molecule has 1 nitrogen and oxygen atoms in total. The van der Waals surface area contributed by atoms with Crippen molar-refractivity contribution in [1.29, 1.82) is 0 Å². The lowest BCUT2D eigenvalue weighted by Crippen LogP contribution is -2.09. The van der Waals surface area contributed by atoms with Gasteiger partial charge >= 0.3 is 0 Å². The number of carbonyl (C=O) groups excluding carboxylic acids is 1. The Morgan fingerprint density at radius 1 is 0.750 bits per heavy atom. The molecular formula is C13H4BrF5O. The summed E-state index contributed by atoms with van der Waals surface area (Å²) in [5.74, 6) is -8.60. The maximum Gasteiger partial charge on any atom is 0.197 e. The molecule has 0 N–H and O–H groups in total. The SMILES string of the molecule is O=C(c1ccc(F)c(F)c1F)c1ccc(F)c(F)c1Br. The molecule has 0 atom stereocenters. The molecule has 0 aliphatic heterocycles. The highest BCUT2D eigenvalue weighted by atomic mass is 79.9. The first-order valence-electron chi connectivity index (χ1n) is 5.16. The highest BCUT2D eigenvalue weighted by Crippen LogP contribution is 2.27. The van der Waals surface area contributed by atoms with Crippen molar-refractivity contribution in [2.24, 2.45) is 0 Å². The minimum absolute atomic E-state index is 0.409. The Morgan fingerprint density at radius 2 is 1.25 bits per heavy atom. The smallest absolute Gasteiger partial charge is 0.197 e. The summed E-state index contributed by atoms with van der Waals surface area (Å²) in [7, 11) is 0. The van der Waals surface area contributed by atoms with Gasteiger partial charge in [-0.1, -0.05) is 0 Å². The summed E-state index contributed by atoms with van der Waals surface area (Å²) in [6, 6.07) is 2.87. The van der Waals surface area contributed by atoms with Crippen LogP contribution in [0, 0.1) is 29.1 Å². The number of hydrogen-bond donors (Lipinski definition) is 0. The number of ketones is 1. The van der Waals surface area contributed by atoms with E-state index < -0.39 is 50.5 Å². The first-order chi connectivity index (χ1) is 9.34. The fraction of sp³-hybridized carbons (Fsp3) is 0. The predicted octanol–water partition coefficient (Wildman–Crippen LogP) is 4.38. The van der Waals surface area contributed by atoms with E-state index in [-0.39, 0.29) is 0 Å². The monoisotopic (exact) mass is 350 g/mol. The lowest BCUT2D eigenvalue weighted by Gasteiger charge is -2.07. The fourth-order valence-corrected chi connectivity index (χ4v) is 2.05. The average Bonchev–Trinajstić information content (AvgIpc) is 2.42. The topological polar surface area (TPSA) is 17.1 Å². The average molecular weight is 351 g/mol. The zero-order chi connectivity index (χ0) is 15.0. The first-order valence-corrected chi connectivity index (χ1v) is 5.95. The molecule has 2 aromatic rings. The van der Waals surface area contributed by atoms with Gasteiger partial charge < -0.3 is 0 Å². The summed E-state index contributed by atoms with van der Waals surface area (Å²) in [5.41, 5.74) is -1.19. The van der Waals surface area contributed by atoms with E-state index >= 15 is 0 Å². The Kier molecular flexibility index (Phi) is 3.89. The van der Waals surface area contributed by atoms with E-state index in [4.69, 9.17) is 0 Å². The second-order valence-corrected chi connectivity index (χ2v) is 4.57. The molecule has 0 amide bonds. The fourth-order valence-electron chi connectivity index (χ4n) is 1.55. The largest absolute Gasteiger partial charge is 0.288 e. The Morgan fingerprint density at radius 3 is 1.85 bits per heavy atom. The third kappa shape index (κ3) is 2.33. The van der Waals surface area contributed by atoms with Crippen LogP contribution in [0.4, 0.5) is 22.0 Å². The Hall–Kier alpha value is -1.76. The molecule has 0 aliphatic rings. The van der Waals surface area contributed by atoms with E-state index in [1.807, 2.05) is 0 Å². The van der Waals surface area contributed by atoms with E-state index in [9.17, 15) is 26.7 Å². The van der Waals surface area contributed by atoms with Crippen LogP contribution in [0.2, 0.25) is 0 Å². The van der Waals surface area contributed by atoms with Crippen molar-refractivity contribution in [1.82, 2.24) is 0 Å². The molecule has 0 aromatic heterocycles. The van der Waals surface area contributed by atoms with Crippen LogP contribution >= 0.6 is 15.9 Å². The molecule has 2 aromatic carbocycles. The Labute approximate surface area is 118 Å². The first kappa shape index (κ1) is 14.6. The Bertz CT molecular complexity index is 655. The summed E-state index contributed by atoms with van der Waals surface area (Å²) < 4.78 is 65.0. The van der Waals surface area contributed by atoms with Gasteiger partial charge in [-0.2, -0.15) is 0 Å². The zero-order valence-corrected chi connectivity index (χ0v) is 11.1. The van der Waals surface area contributed by atoms with Gasteiger partial charge in [-0.15, -0.1) is 0 Å². The van der Waals surface area contributed by atoms with Gasteiger partial charge in [0.1, 0.15) is 0 Å². The van der Waals surface area contributed by atoms with Crippen LogP contribution in [0.15, 0.2) is 28.7 Å². The van der Waals surface area contributed by atoms with Crippen LogP contribution < -0.4 is 0 Å². The molecule has 0 radical (unpaired) electrons. The molecule has 0 bridgehead atoms. The quantitative estimate of drug-likeness (QED) is 0.446. The van der Waals surface area contributed by atoms with Crippen molar-refractivity contribution >= 4 is 21.7 Å². The third-order valence-electron chi connectivity index (χ3n) is 2.56. The van der Waals surface area contributed by atoms with Crippen LogP contribution in [0.5, 0.6) is 0 Å². The van der Waals surface area contributed by atoms with Crippen molar-refractivity contribution in [3.63, 3.8) is 0 Å². The standard InChI is InChI=1S/C13H4BrF5O/c14-9-5(1-3-7(15)11(9)18)13(20)6-2-4-8(16)12(19)10(6)17/h1-4H. The Balaban J connectivity index is 2.58. The number of benzene rings is 2. The summed E-state index contributed by atoms with van der Waals surface area (Å²) >= 11 is 2.66. The maximum absolute atomic E-state index is 13.5. The molecule has 0 saturated carbocycles. The normalized spacial score (nSPS) is 10.7. The molecule has 0 spiro atoms. The second kappa shape index (κ2) is 5.32. The van der Waals surface area contributed by atoms with Crippen LogP contribution in [0.25, 0.3) is 0 Å². The molecule has 0 unspecified atom stereocenters. The van der Waals surface area contributed by atoms with Gasteiger partial charge in [0.25, 0.3) is 0 Å². The summed E-state index contributed by atoms with van der Waals surface area (Å²) in [6.07, 6.45) is 0. The van der Waals surface area contributed by atoms with Gasteiger partial charge in [0, 0.05) is 5.56 Å². The lowest BCUT2D eigenvalue weighted by atomic mass is 10.0. The van der Waals surface area contributed by atoms with Crippen molar-refractivity contribution in [2.75, 3.05) is 0 Å². The van der Waals surface area contributed by atoms with Gasteiger partial charge in [-0.25, -0.2) is 22.0 Å². The number of rotatable bonds is 2. The molecular weight excluding hydrogens is 347 g/mol. The highest BCUT2D eigenvalue weighted by molar-refractivity contribution is 9.10. The number of carbonyl (C=O) groups is 1. The minimum atomic E-state index is -1.81. The molecule has 0 saturated heterocycles. The van der Waals surface area contributed by atoms with E-state index in [1.165, 1.54) is 0 Å². The van der Waals surface area contributed by atoms with Gasteiger partial charge in [-0.05, 0) is 40.2 Å². The molecule has 7 heteroatoms. The van der Waals surface area contributed by atoms with Crippen molar-refractivity contribution in [3.05, 3.63) is 69.0 Å². The van der Waals surface area contributed by atoms with E-state index in [0.717, 1.165) is 12.1 Å². The molecule has 0 aliphatic carbocycles. The summed E-state index contributed by atoms with van der Waals surface area (Å²) in [5, 5.41) is 0. The third-order valence-corrected chi connectivity index (χ3v) is 3.33. The van der Waals surface area contributed by atoms with Crippen LogP contribution in [-0.2, 0) is 0 Å². The molecule has 0 heterocycles. The summed E-state index contributed by atoms with van der Waals surface area (Å²) in [6.45, 7) is 0. The van der Waals surface area contributed by atoms with Gasteiger partial charge in [-0.3, -0.25) is 4.79 Å². The predicted molar refractivity (Wildman–Crippen MR) is 63.8 cm³/mol. The van der Waals surface area contributed by atoms with Gasteiger partial charge in [0.05, 0.1) is 10.0 Å². The van der Waals surface area contributed by atoms with E-state index in [2.05, 4.69) is 15.9 Å². The lowest BCUT2D eigenvalue weighted by molar-refractivity contribution is 0.103. The van der Waals surface area contributed by atoms with Crippen LogP contribution in [0.3, 0.4) is 0 Å². The van der Waals surface area contributed by atoms with Crippen molar-refractivity contribution in [3.8, 4) is 0 Å². The minimum Gasteiger partial charge on any atom is -0.288 e. The van der Waals surface area contributed by atoms with Gasteiger partial charge in [0.2, 0.25) is 0 Å². The highest BCUT2D eigenvalue weighted by Gasteiger charge is 2.23. The van der Waals surface area contributed by atoms with Crippen molar-refractivity contribution < 1.29 is 26.7 Å². The van der Waals surface area contributed by atoms with Crippen molar-refractivity contribution in [2.45, 2.75) is 0 Å².